The number of para-hydroxylation sites is 2. The van der Waals surface area contributed by atoms with Crippen molar-refractivity contribution in [1.82, 2.24) is 0 Å². The third-order valence-electron chi connectivity index (χ3n) is 6.02. The zero-order chi connectivity index (χ0) is 18.5. The second kappa shape index (κ2) is 6.10. The van der Waals surface area contributed by atoms with Crippen LogP contribution >= 0.6 is 0 Å². The molecule has 4 aromatic rings. The van der Waals surface area contributed by atoms with Crippen LogP contribution in [0.1, 0.15) is 35.1 Å². The molecule has 0 saturated carbocycles. The van der Waals surface area contributed by atoms with Crippen LogP contribution in [0.2, 0.25) is 0 Å². The molecule has 0 amide bonds. The topological polar surface area (TPSA) is 9.23 Å². The lowest BCUT2D eigenvalue weighted by molar-refractivity contribution is 0.474. The number of fused-ring (bicyclic) bond motifs is 5. The lowest BCUT2D eigenvalue weighted by Gasteiger charge is -2.29. The summed E-state index contributed by atoms with van der Waals surface area (Å²) in [5, 5.41) is 2.68. The highest BCUT2D eigenvalue weighted by atomic mass is 16.5. The van der Waals surface area contributed by atoms with Crippen LogP contribution in [0.25, 0.3) is 21.9 Å². The highest BCUT2D eigenvalue weighted by Crippen LogP contribution is 2.49. The third-order valence-corrected chi connectivity index (χ3v) is 6.02. The molecule has 0 N–H and O–H groups in total. The van der Waals surface area contributed by atoms with Gasteiger partial charge in [-0.2, -0.15) is 0 Å². The number of rotatable bonds is 0. The molecule has 1 heteroatoms. The lowest BCUT2D eigenvalue weighted by atomic mass is 9.78. The molecule has 0 unspecified atom stereocenters. The predicted molar refractivity (Wildman–Crippen MR) is 116 cm³/mol. The van der Waals surface area contributed by atoms with Crippen LogP contribution in [-0.4, -0.2) is 0 Å². The van der Waals surface area contributed by atoms with E-state index < -0.39 is 0 Å². The Morgan fingerprint density at radius 1 is 0.607 bits per heavy atom. The van der Waals surface area contributed by atoms with Crippen molar-refractivity contribution < 1.29 is 4.74 Å². The Bertz CT molecular complexity index is 1210. The third kappa shape index (κ3) is 2.26. The van der Waals surface area contributed by atoms with Crippen molar-refractivity contribution in [3.63, 3.8) is 0 Å². The maximum atomic E-state index is 6.24. The summed E-state index contributed by atoms with van der Waals surface area (Å²) in [6.45, 7) is 0. The van der Waals surface area contributed by atoms with Crippen molar-refractivity contribution in [2.24, 2.45) is 0 Å². The molecule has 0 spiro atoms. The van der Waals surface area contributed by atoms with Gasteiger partial charge in [0, 0.05) is 16.7 Å². The quantitative estimate of drug-likeness (QED) is 0.283. The number of aryl methyl sites for hydroxylation is 1. The van der Waals surface area contributed by atoms with E-state index in [-0.39, 0.29) is 0 Å². The molecular weight excluding hydrogens is 340 g/mol. The van der Waals surface area contributed by atoms with Crippen LogP contribution < -0.4 is 4.74 Å². The zero-order valence-electron chi connectivity index (χ0n) is 15.6. The molecule has 134 valence electrons. The van der Waals surface area contributed by atoms with Crippen molar-refractivity contribution in [2.45, 2.75) is 19.3 Å². The van der Waals surface area contributed by atoms with Crippen LogP contribution in [0.5, 0.6) is 11.5 Å². The number of hydrogen-bond donors (Lipinski definition) is 0. The van der Waals surface area contributed by atoms with Gasteiger partial charge in [0.15, 0.2) is 0 Å². The lowest BCUT2D eigenvalue weighted by Crippen LogP contribution is -2.09. The molecule has 0 saturated heterocycles. The molecular formula is C27H20O. The van der Waals surface area contributed by atoms with Gasteiger partial charge in [-0.25, -0.2) is 0 Å². The summed E-state index contributed by atoms with van der Waals surface area (Å²) in [6, 6.07) is 30.3. The van der Waals surface area contributed by atoms with Gasteiger partial charge in [-0.15, -0.1) is 0 Å². The van der Waals surface area contributed by atoms with E-state index in [2.05, 4.69) is 84.9 Å². The van der Waals surface area contributed by atoms with Crippen LogP contribution in [0.4, 0.5) is 0 Å². The van der Waals surface area contributed by atoms with Crippen molar-refractivity contribution in [3.8, 4) is 11.5 Å². The van der Waals surface area contributed by atoms with E-state index in [4.69, 9.17) is 4.74 Å². The summed E-state index contributed by atoms with van der Waals surface area (Å²) in [4.78, 5) is 0. The molecule has 1 nitrogen and oxygen atoms in total. The van der Waals surface area contributed by atoms with Gasteiger partial charge in [0.05, 0.1) is 0 Å². The van der Waals surface area contributed by atoms with E-state index in [1.807, 2.05) is 0 Å². The molecule has 0 fully saturated rings. The number of hydrogen-bond acceptors (Lipinski definition) is 1. The van der Waals surface area contributed by atoms with E-state index in [9.17, 15) is 0 Å². The smallest absolute Gasteiger partial charge is 0.135 e. The van der Waals surface area contributed by atoms with Gasteiger partial charge in [-0.05, 0) is 58.9 Å². The molecule has 2 aliphatic rings. The Balaban J connectivity index is 1.76. The molecule has 1 heterocycles. The van der Waals surface area contributed by atoms with Crippen LogP contribution in [-0.2, 0) is 6.42 Å². The fraction of sp³-hybridized carbons (Fsp3) is 0.111. The number of benzene rings is 4. The monoisotopic (exact) mass is 360 g/mol. The van der Waals surface area contributed by atoms with Gasteiger partial charge in [-0.1, -0.05) is 72.8 Å². The summed E-state index contributed by atoms with van der Waals surface area (Å²) < 4.78 is 6.24. The first-order valence-corrected chi connectivity index (χ1v) is 10.0. The SMILES string of the molecule is c1ccc2c(c1)Oc1ccccc1C2=C1CCCc2ccc3ccccc3c21. The highest BCUT2D eigenvalue weighted by molar-refractivity contribution is 6.08. The average Bonchev–Trinajstić information content (AvgIpc) is 2.77. The first-order chi connectivity index (χ1) is 13.9. The van der Waals surface area contributed by atoms with E-state index in [0.717, 1.165) is 24.3 Å². The van der Waals surface area contributed by atoms with Crippen molar-refractivity contribution in [3.05, 3.63) is 107 Å². The molecule has 0 radical (unpaired) electrons. The second-order valence-electron chi connectivity index (χ2n) is 7.62. The van der Waals surface area contributed by atoms with Crippen LogP contribution in [0, 0.1) is 0 Å². The fourth-order valence-corrected chi connectivity index (χ4v) is 4.83. The number of ether oxygens (including phenoxy) is 1. The zero-order valence-corrected chi connectivity index (χ0v) is 15.6. The average molecular weight is 360 g/mol. The van der Waals surface area contributed by atoms with Crippen molar-refractivity contribution >= 4 is 21.9 Å². The van der Waals surface area contributed by atoms with E-state index in [1.165, 1.54) is 50.6 Å². The van der Waals surface area contributed by atoms with Crippen molar-refractivity contribution in [1.29, 1.82) is 0 Å². The Kier molecular flexibility index (Phi) is 3.42. The predicted octanol–water partition coefficient (Wildman–Crippen LogP) is 7.24. The van der Waals surface area contributed by atoms with Gasteiger partial charge < -0.3 is 4.74 Å². The Hall–Kier alpha value is -3.32. The highest BCUT2D eigenvalue weighted by Gasteiger charge is 2.27. The molecule has 28 heavy (non-hydrogen) atoms. The molecule has 4 aromatic carbocycles. The first kappa shape index (κ1) is 15.7. The minimum atomic E-state index is 0.955. The molecule has 0 bridgehead atoms. The maximum absolute atomic E-state index is 6.24. The largest absolute Gasteiger partial charge is 0.456 e. The van der Waals surface area contributed by atoms with Gasteiger partial charge in [0.1, 0.15) is 11.5 Å². The summed E-state index contributed by atoms with van der Waals surface area (Å²) in [7, 11) is 0. The van der Waals surface area contributed by atoms with Crippen LogP contribution in [0.3, 0.4) is 0 Å². The summed E-state index contributed by atoms with van der Waals surface area (Å²) in [5.74, 6) is 1.91. The van der Waals surface area contributed by atoms with Gasteiger partial charge in [-0.3, -0.25) is 0 Å². The second-order valence-corrected chi connectivity index (χ2v) is 7.62. The summed E-state index contributed by atoms with van der Waals surface area (Å²) >= 11 is 0. The maximum Gasteiger partial charge on any atom is 0.135 e. The Labute approximate surface area is 164 Å². The fourth-order valence-electron chi connectivity index (χ4n) is 4.83. The van der Waals surface area contributed by atoms with Gasteiger partial charge in [0.2, 0.25) is 0 Å². The molecule has 1 aliphatic carbocycles. The van der Waals surface area contributed by atoms with E-state index in [0.29, 0.717) is 0 Å². The van der Waals surface area contributed by atoms with Crippen molar-refractivity contribution in [2.75, 3.05) is 0 Å². The molecule has 6 rings (SSSR count). The van der Waals surface area contributed by atoms with Crippen LogP contribution in [0.15, 0.2) is 84.9 Å². The molecule has 0 aromatic heterocycles. The minimum absolute atomic E-state index is 0.955. The summed E-state index contributed by atoms with van der Waals surface area (Å²) in [5.41, 5.74) is 8.12. The standard InChI is InChI=1S/C27H20O/c1-2-10-20-18(8-1)16-17-19-9-7-13-23(26(19)20)27-21-11-3-5-14-24(21)28-25-15-6-4-12-22(25)27/h1-6,8,10-12,14-17H,7,9,13H2. The van der Waals surface area contributed by atoms with Gasteiger partial charge >= 0.3 is 0 Å². The summed E-state index contributed by atoms with van der Waals surface area (Å²) in [6.07, 6.45) is 3.44. The van der Waals surface area contributed by atoms with Gasteiger partial charge in [0.25, 0.3) is 0 Å². The molecule has 0 atom stereocenters. The van der Waals surface area contributed by atoms with E-state index >= 15 is 0 Å². The van der Waals surface area contributed by atoms with E-state index in [1.54, 1.807) is 0 Å². The normalized spacial score (nSPS) is 14.9. The molecule has 1 aliphatic heterocycles. The number of allylic oxidation sites excluding steroid dienone is 1. The Morgan fingerprint density at radius 3 is 2.07 bits per heavy atom. The minimum Gasteiger partial charge on any atom is -0.456 e. The Morgan fingerprint density at radius 2 is 1.29 bits per heavy atom. The first-order valence-electron chi connectivity index (χ1n) is 10.0.